The Morgan fingerprint density at radius 1 is 0.833 bits per heavy atom. The molecule has 0 spiro atoms. The van der Waals surface area contributed by atoms with Crippen molar-refractivity contribution in [1.29, 1.82) is 0 Å². The lowest BCUT2D eigenvalue weighted by atomic mass is 9.90. The first kappa shape index (κ1) is 26.7. The molecule has 0 saturated carbocycles. The second-order valence-corrected chi connectivity index (χ2v) is 9.61. The number of amides is 2. The second-order valence-electron chi connectivity index (χ2n) is 9.61. The van der Waals surface area contributed by atoms with E-state index in [2.05, 4.69) is 0 Å². The predicted octanol–water partition coefficient (Wildman–Crippen LogP) is 4.87. The van der Waals surface area contributed by atoms with E-state index in [1.165, 1.54) is 36.4 Å². The Labute approximate surface area is 239 Å². The molecule has 2 aliphatic rings. The Hall–Kier alpha value is -5.55. The number of imide groups is 1. The van der Waals surface area contributed by atoms with E-state index < -0.39 is 40.8 Å². The second kappa shape index (κ2) is 10.8. The molecule has 0 N–H and O–H groups in total. The highest BCUT2D eigenvalue weighted by molar-refractivity contribution is 6.24. The lowest BCUT2D eigenvalue weighted by Crippen LogP contribution is -2.37. The first-order valence-corrected chi connectivity index (χ1v) is 13.0. The van der Waals surface area contributed by atoms with Gasteiger partial charge in [-0.25, -0.2) is 14.8 Å². The van der Waals surface area contributed by atoms with Gasteiger partial charge in [0.2, 0.25) is 5.91 Å². The van der Waals surface area contributed by atoms with Crippen molar-refractivity contribution in [3.8, 4) is 11.5 Å². The number of nitro benzene ring substituents is 1. The van der Waals surface area contributed by atoms with Crippen molar-refractivity contribution < 1.29 is 33.6 Å². The third kappa shape index (κ3) is 4.61. The number of nitrogens with zero attached hydrogens (tertiary/aromatic N) is 3. The SMILES string of the molecule is COc1cc([C@H]2[C@H]3C(=O)N(c4ccc([N+](=O)[O-])cc4)C(=O)[C@H]3ON2c2ccccc2)ccc1OC(=O)c1ccccc1. The number of hydrogen-bond donors (Lipinski definition) is 0. The summed E-state index contributed by atoms with van der Waals surface area (Å²) in [5.74, 6) is -2.18. The predicted molar refractivity (Wildman–Crippen MR) is 150 cm³/mol. The molecule has 2 heterocycles. The first-order chi connectivity index (χ1) is 20.4. The minimum Gasteiger partial charge on any atom is -0.493 e. The summed E-state index contributed by atoms with van der Waals surface area (Å²) in [6, 6.07) is 26.9. The molecule has 0 radical (unpaired) electrons. The van der Waals surface area contributed by atoms with Crippen molar-refractivity contribution in [2.75, 3.05) is 17.1 Å². The average Bonchev–Trinajstić information content (AvgIpc) is 3.53. The molecule has 0 bridgehead atoms. The summed E-state index contributed by atoms with van der Waals surface area (Å²) in [5.41, 5.74) is 1.61. The number of methoxy groups -OCH3 is 1. The van der Waals surface area contributed by atoms with Gasteiger partial charge in [-0.1, -0.05) is 42.5 Å². The molecule has 2 fully saturated rings. The Morgan fingerprint density at radius 2 is 1.50 bits per heavy atom. The van der Waals surface area contributed by atoms with Crippen LogP contribution in [0.4, 0.5) is 17.1 Å². The number of ether oxygens (including phenoxy) is 2. The zero-order chi connectivity index (χ0) is 29.4. The number of nitro groups is 1. The zero-order valence-electron chi connectivity index (χ0n) is 22.2. The van der Waals surface area contributed by atoms with Crippen LogP contribution < -0.4 is 19.4 Å². The standard InChI is InChI=1S/C31H23N3O8/c1-40-25-18-20(12-17-24(25)41-31(37)19-8-4-2-5-9-19)27-26-28(42-33(27)22-10-6-3-7-11-22)30(36)32(29(26)35)21-13-15-23(16-14-21)34(38)39/h2-18,26-28H,1H3/t26-,27+,28+/m1/s1. The summed E-state index contributed by atoms with van der Waals surface area (Å²) >= 11 is 0. The lowest BCUT2D eigenvalue weighted by Gasteiger charge is -2.29. The van der Waals surface area contributed by atoms with Crippen LogP contribution in [0.15, 0.2) is 103 Å². The van der Waals surface area contributed by atoms with Crippen molar-refractivity contribution in [3.05, 3.63) is 124 Å². The Bertz CT molecular complexity index is 1680. The van der Waals surface area contributed by atoms with Gasteiger partial charge in [-0.2, -0.15) is 0 Å². The molecule has 0 unspecified atom stereocenters. The number of non-ortho nitro benzene ring substituents is 1. The molecule has 2 saturated heterocycles. The molecule has 11 nitrogen and oxygen atoms in total. The van der Waals surface area contributed by atoms with Gasteiger partial charge in [0.15, 0.2) is 17.6 Å². The molecular weight excluding hydrogens is 542 g/mol. The summed E-state index contributed by atoms with van der Waals surface area (Å²) in [7, 11) is 1.43. The van der Waals surface area contributed by atoms with Crippen molar-refractivity contribution in [2.24, 2.45) is 5.92 Å². The van der Waals surface area contributed by atoms with E-state index in [0.29, 0.717) is 16.8 Å². The summed E-state index contributed by atoms with van der Waals surface area (Å²) in [6.45, 7) is 0. The van der Waals surface area contributed by atoms with E-state index in [9.17, 15) is 24.5 Å². The molecule has 4 aromatic rings. The van der Waals surface area contributed by atoms with Crippen molar-refractivity contribution in [1.82, 2.24) is 0 Å². The van der Waals surface area contributed by atoms with Crippen LogP contribution >= 0.6 is 0 Å². The maximum Gasteiger partial charge on any atom is 0.343 e. The molecule has 0 aromatic heterocycles. The minimum atomic E-state index is -1.14. The molecule has 2 amide bonds. The molecule has 0 aliphatic carbocycles. The van der Waals surface area contributed by atoms with Gasteiger partial charge in [0, 0.05) is 12.1 Å². The minimum absolute atomic E-state index is 0.164. The van der Waals surface area contributed by atoms with Gasteiger partial charge in [0.05, 0.1) is 35.0 Å². The lowest BCUT2D eigenvalue weighted by molar-refractivity contribution is -0.384. The third-order valence-corrected chi connectivity index (χ3v) is 7.19. The maximum absolute atomic E-state index is 13.9. The van der Waals surface area contributed by atoms with E-state index in [1.807, 2.05) is 18.2 Å². The fraction of sp³-hybridized carbons (Fsp3) is 0.129. The summed E-state index contributed by atoms with van der Waals surface area (Å²) in [4.78, 5) is 57.8. The summed E-state index contributed by atoms with van der Waals surface area (Å²) in [5, 5.41) is 12.6. The van der Waals surface area contributed by atoms with Crippen LogP contribution in [0.3, 0.4) is 0 Å². The Morgan fingerprint density at radius 3 is 2.14 bits per heavy atom. The fourth-order valence-electron chi connectivity index (χ4n) is 5.22. The van der Waals surface area contributed by atoms with Gasteiger partial charge in [-0.05, 0) is 54.1 Å². The molecule has 4 aromatic carbocycles. The smallest absolute Gasteiger partial charge is 0.343 e. The van der Waals surface area contributed by atoms with Gasteiger partial charge >= 0.3 is 5.97 Å². The van der Waals surface area contributed by atoms with E-state index in [1.54, 1.807) is 60.7 Å². The van der Waals surface area contributed by atoms with E-state index in [4.69, 9.17) is 14.3 Å². The quantitative estimate of drug-likeness (QED) is 0.101. The monoisotopic (exact) mass is 565 g/mol. The van der Waals surface area contributed by atoms with Crippen molar-refractivity contribution in [2.45, 2.75) is 12.1 Å². The molecule has 210 valence electrons. The highest BCUT2D eigenvalue weighted by atomic mass is 16.7. The Kier molecular flexibility index (Phi) is 6.85. The van der Waals surface area contributed by atoms with Crippen LogP contribution in [0.5, 0.6) is 11.5 Å². The number of benzene rings is 4. The number of hydroxylamine groups is 1. The number of esters is 1. The van der Waals surface area contributed by atoms with Crippen LogP contribution in [-0.4, -0.2) is 35.9 Å². The summed E-state index contributed by atoms with van der Waals surface area (Å²) in [6.07, 6.45) is -1.14. The Balaban J connectivity index is 1.37. The third-order valence-electron chi connectivity index (χ3n) is 7.19. The molecule has 3 atom stereocenters. The molecule has 42 heavy (non-hydrogen) atoms. The number of anilines is 2. The number of hydrogen-bond acceptors (Lipinski definition) is 9. The van der Waals surface area contributed by atoms with Crippen molar-refractivity contribution >= 4 is 34.8 Å². The van der Waals surface area contributed by atoms with Crippen LogP contribution in [0, 0.1) is 16.0 Å². The largest absolute Gasteiger partial charge is 0.493 e. The van der Waals surface area contributed by atoms with Gasteiger partial charge in [-0.15, -0.1) is 0 Å². The first-order valence-electron chi connectivity index (χ1n) is 13.0. The van der Waals surface area contributed by atoms with Crippen LogP contribution in [0.25, 0.3) is 0 Å². The van der Waals surface area contributed by atoms with Gasteiger partial charge in [0.1, 0.15) is 5.92 Å². The maximum atomic E-state index is 13.9. The topological polar surface area (TPSA) is 129 Å². The van der Waals surface area contributed by atoms with Crippen molar-refractivity contribution in [3.63, 3.8) is 0 Å². The van der Waals surface area contributed by atoms with Crippen LogP contribution in [0.2, 0.25) is 0 Å². The highest BCUT2D eigenvalue weighted by Crippen LogP contribution is 2.48. The molecular formula is C31H23N3O8. The normalized spacial score (nSPS) is 19.5. The molecule has 11 heteroatoms. The number of rotatable bonds is 7. The van der Waals surface area contributed by atoms with E-state index in [0.717, 1.165) is 4.90 Å². The average molecular weight is 566 g/mol. The van der Waals surface area contributed by atoms with E-state index >= 15 is 0 Å². The van der Waals surface area contributed by atoms with Gasteiger partial charge in [-0.3, -0.25) is 24.5 Å². The van der Waals surface area contributed by atoms with Gasteiger partial charge in [0.25, 0.3) is 11.6 Å². The number of carbonyl (C=O) groups excluding carboxylic acids is 3. The molecule has 6 rings (SSSR count). The number of fused-ring (bicyclic) bond motifs is 1. The van der Waals surface area contributed by atoms with Gasteiger partial charge < -0.3 is 9.47 Å². The molecule has 2 aliphatic heterocycles. The number of para-hydroxylation sites is 1. The zero-order valence-corrected chi connectivity index (χ0v) is 22.2. The fourth-order valence-corrected chi connectivity index (χ4v) is 5.22. The highest BCUT2D eigenvalue weighted by Gasteiger charge is 2.60. The van der Waals surface area contributed by atoms with Crippen LogP contribution in [0.1, 0.15) is 22.0 Å². The summed E-state index contributed by atoms with van der Waals surface area (Å²) < 4.78 is 11.1. The van der Waals surface area contributed by atoms with Crippen LogP contribution in [-0.2, 0) is 14.4 Å². The van der Waals surface area contributed by atoms with E-state index in [-0.39, 0.29) is 22.9 Å². The number of carbonyl (C=O) groups is 3.